The van der Waals surface area contributed by atoms with Crippen LogP contribution in [0.3, 0.4) is 0 Å². The van der Waals surface area contributed by atoms with Gasteiger partial charge in [-0.25, -0.2) is 4.57 Å². The summed E-state index contributed by atoms with van der Waals surface area (Å²) in [4.78, 5) is 35.2. The van der Waals surface area contributed by atoms with Gasteiger partial charge in [-0.05, 0) is 64.2 Å². The second kappa shape index (κ2) is 58.7. The average Bonchev–Trinajstić information content (AvgIpc) is 3.37. The number of carbonyl (C=O) groups is 2. The molecule has 2 unspecified atom stereocenters. The zero-order valence-corrected chi connectivity index (χ0v) is 48.6. The second-order valence-corrected chi connectivity index (χ2v) is 22.7. The van der Waals surface area contributed by atoms with Crippen LogP contribution in [0.1, 0.15) is 328 Å². The maximum Gasteiger partial charge on any atom is 0.472 e. The van der Waals surface area contributed by atoms with Crippen LogP contribution in [0.5, 0.6) is 0 Å². The number of esters is 2. The Bertz CT molecular complexity index is 1230. The van der Waals surface area contributed by atoms with Crippen LogP contribution in [-0.4, -0.2) is 49.3 Å². The van der Waals surface area contributed by atoms with Gasteiger partial charge in [-0.2, -0.15) is 0 Å². The molecule has 72 heavy (non-hydrogen) atoms. The topological polar surface area (TPSA) is 134 Å². The summed E-state index contributed by atoms with van der Waals surface area (Å²) in [6.07, 6.45) is 69.7. The minimum absolute atomic E-state index is 0.0554. The third-order valence-electron chi connectivity index (χ3n) is 14.1. The van der Waals surface area contributed by atoms with Crippen molar-refractivity contribution in [1.29, 1.82) is 0 Å². The van der Waals surface area contributed by atoms with Crippen LogP contribution in [0.15, 0.2) is 24.3 Å². The van der Waals surface area contributed by atoms with Gasteiger partial charge in [0.05, 0.1) is 13.2 Å². The molecule has 0 aromatic carbocycles. The number of hydrogen-bond donors (Lipinski definition) is 2. The van der Waals surface area contributed by atoms with Crippen molar-refractivity contribution in [2.24, 2.45) is 5.73 Å². The van der Waals surface area contributed by atoms with Crippen molar-refractivity contribution in [2.75, 3.05) is 26.4 Å². The molecule has 0 saturated carbocycles. The van der Waals surface area contributed by atoms with E-state index in [4.69, 9.17) is 24.3 Å². The first-order valence-electron chi connectivity index (χ1n) is 31.3. The van der Waals surface area contributed by atoms with Gasteiger partial charge in [0.1, 0.15) is 6.61 Å². The Morgan fingerprint density at radius 1 is 0.403 bits per heavy atom. The summed E-state index contributed by atoms with van der Waals surface area (Å²) in [5.74, 6) is -0.815. The van der Waals surface area contributed by atoms with Crippen molar-refractivity contribution in [2.45, 2.75) is 335 Å². The minimum Gasteiger partial charge on any atom is -0.462 e. The lowest BCUT2D eigenvalue weighted by Crippen LogP contribution is -2.29. The van der Waals surface area contributed by atoms with E-state index < -0.39 is 26.5 Å². The lowest BCUT2D eigenvalue weighted by atomic mass is 10.0. The third kappa shape index (κ3) is 57.8. The molecule has 0 aromatic heterocycles. The van der Waals surface area contributed by atoms with Crippen LogP contribution in [0.25, 0.3) is 0 Å². The fourth-order valence-electron chi connectivity index (χ4n) is 9.39. The first-order valence-corrected chi connectivity index (χ1v) is 32.8. The van der Waals surface area contributed by atoms with Gasteiger partial charge >= 0.3 is 19.8 Å². The predicted molar refractivity (Wildman–Crippen MR) is 307 cm³/mol. The van der Waals surface area contributed by atoms with Gasteiger partial charge in [0.2, 0.25) is 0 Å². The van der Waals surface area contributed by atoms with E-state index in [0.717, 1.165) is 32.1 Å². The van der Waals surface area contributed by atoms with Crippen LogP contribution in [0.4, 0.5) is 0 Å². The molecule has 0 radical (unpaired) electrons. The Hall–Kier alpha value is -1.51. The number of hydrogen-bond acceptors (Lipinski definition) is 8. The maximum atomic E-state index is 12.7. The molecule has 0 amide bonds. The van der Waals surface area contributed by atoms with Gasteiger partial charge in [-0.15, -0.1) is 0 Å². The van der Waals surface area contributed by atoms with Gasteiger partial charge < -0.3 is 20.1 Å². The highest BCUT2D eigenvalue weighted by atomic mass is 31.2. The first kappa shape index (κ1) is 70.5. The minimum atomic E-state index is -4.38. The molecule has 2 atom stereocenters. The van der Waals surface area contributed by atoms with Crippen molar-refractivity contribution in [3.05, 3.63) is 24.3 Å². The van der Waals surface area contributed by atoms with Crippen LogP contribution >= 0.6 is 7.82 Å². The van der Waals surface area contributed by atoms with E-state index in [-0.39, 0.29) is 38.6 Å². The molecular weight excluding hydrogens is 918 g/mol. The van der Waals surface area contributed by atoms with E-state index in [2.05, 4.69) is 38.2 Å². The number of unbranched alkanes of at least 4 members (excludes halogenated alkanes) is 43. The summed E-state index contributed by atoms with van der Waals surface area (Å²) in [7, 11) is -4.38. The zero-order chi connectivity index (χ0) is 52.4. The molecule has 3 N–H and O–H groups in total. The smallest absolute Gasteiger partial charge is 0.462 e. The Morgan fingerprint density at radius 2 is 0.681 bits per heavy atom. The molecule has 0 spiro atoms. The summed E-state index contributed by atoms with van der Waals surface area (Å²) in [6.45, 7) is 3.79. The van der Waals surface area contributed by atoms with Crippen LogP contribution in [-0.2, 0) is 32.7 Å². The number of nitrogens with two attached hydrogens (primary N) is 1. The van der Waals surface area contributed by atoms with E-state index in [1.807, 2.05) is 0 Å². The molecule has 10 heteroatoms. The van der Waals surface area contributed by atoms with Crippen molar-refractivity contribution >= 4 is 19.8 Å². The van der Waals surface area contributed by atoms with E-state index in [9.17, 15) is 19.0 Å². The van der Waals surface area contributed by atoms with Crippen molar-refractivity contribution < 1.29 is 37.6 Å². The highest BCUT2D eigenvalue weighted by Gasteiger charge is 2.26. The fraction of sp³-hybridized carbons (Fsp3) is 0.903. The Balaban J connectivity index is 3.83. The van der Waals surface area contributed by atoms with Gasteiger partial charge in [0.15, 0.2) is 6.10 Å². The molecule has 0 aromatic rings. The molecule has 0 fully saturated rings. The number of phosphoric acid groups is 1. The molecule has 426 valence electrons. The standard InChI is InChI=1S/C62H120NO8P/c1-3-5-7-9-11-13-15-17-19-21-23-24-25-26-27-28-29-30-31-32-33-34-35-36-37-39-41-43-45-47-49-51-53-55-62(65)71-60(59-70-72(66,67)69-57-56-63)58-68-61(64)54-52-50-48-46-44-42-40-38-22-20-18-16-14-12-10-8-6-4-2/h20-23,60H,3-19,24-59,63H2,1-2H3,(H,66,67)/b22-20-,23-21-. The Kier molecular flexibility index (Phi) is 57.5. The Morgan fingerprint density at radius 3 is 0.986 bits per heavy atom. The van der Waals surface area contributed by atoms with Gasteiger partial charge in [0, 0.05) is 19.4 Å². The van der Waals surface area contributed by atoms with E-state index in [1.165, 1.54) is 263 Å². The summed E-state index contributed by atoms with van der Waals surface area (Å²) in [5, 5.41) is 0. The molecule has 0 aliphatic rings. The summed E-state index contributed by atoms with van der Waals surface area (Å²) < 4.78 is 33.1. The molecule has 0 aliphatic heterocycles. The van der Waals surface area contributed by atoms with Crippen LogP contribution < -0.4 is 5.73 Å². The quantitative estimate of drug-likeness (QED) is 0.0264. The molecular formula is C62H120NO8P. The lowest BCUT2D eigenvalue weighted by Gasteiger charge is -2.19. The third-order valence-corrected chi connectivity index (χ3v) is 15.0. The maximum absolute atomic E-state index is 12.7. The average molecular weight is 1040 g/mol. The zero-order valence-electron chi connectivity index (χ0n) is 47.7. The number of allylic oxidation sites excluding steroid dienone is 4. The summed E-state index contributed by atoms with van der Waals surface area (Å²) >= 11 is 0. The van der Waals surface area contributed by atoms with Gasteiger partial charge in [-0.3, -0.25) is 18.6 Å². The molecule has 0 aliphatic carbocycles. The molecule has 0 bridgehead atoms. The predicted octanol–water partition coefficient (Wildman–Crippen LogP) is 19.8. The first-order chi connectivity index (χ1) is 35.3. The Labute approximate surface area is 446 Å². The summed E-state index contributed by atoms with van der Waals surface area (Å²) in [6, 6.07) is 0. The van der Waals surface area contributed by atoms with Gasteiger partial charge in [-0.1, -0.05) is 276 Å². The van der Waals surface area contributed by atoms with Crippen LogP contribution in [0, 0.1) is 0 Å². The second-order valence-electron chi connectivity index (χ2n) is 21.3. The highest BCUT2D eigenvalue weighted by Crippen LogP contribution is 2.43. The van der Waals surface area contributed by atoms with E-state index in [0.29, 0.717) is 6.42 Å². The number of rotatable bonds is 60. The van der Waals surface area contributed by atoms with Gasteiger partial charge in [0.25, 0.3) is 0 Å². The van der Waals surface area contributed by atoms with E-state index >= 15 is 0 Å². The van der Waals surface area contributed by atoms with Crippen molar-refractivity contribution in [3.8, 4) is 0 Å². The highest BCUT2D eigenvalue weighted by molar-refractivity contribution is 7.47. The normalized spacial score (nSPS) is 13.1. The lowest BCUT2D eigenvalue weighted by molar-refractivity contribution is -0.161. The van der Waals surface area contributed by atoms with E-state index in [1.54, 1.807) is 0 Å². The largest absolute Gasteiger partial charge is 0.472 e. The SMILES string of the molecule is CCCCCCCCC/C=C\CCCCCCCCCC(=O)OCC(COP(=O)(O)OCCN)OC(=O)CCCCCCCCCCCCCCCCCCCCCCC/C=C\CCCCCCCCCC. The molecule has 0 rings (SSSR count). The molecule has 0 saturated heterocycles. The fourth-order valence-corrected chi connectivity index (χ4v) is 10.2. The summed E-state index contributed by atoms with van der Waals surface area (Å²) in [5.41, 5.74) is 5.39. The van der Waals surface area contributed by atoms with Crippen LogP contribution in [0.2, 0.25) is 0 Å². The number of carbonyl (C=O) groups excluding carboxylic acids is 2. The molecule has 0 heterocycles. The van der Waals surface area contributed by atoms with Crippen molar-refractivity contribution in [3.63, 3.8) is 0 Å². The number of ether oxygens (including phenoxy) is 2. The molecule has 9 nitrogen and oxygen atoms in total. The number of phosphoric ester groups is 1. The monoisotopic (exact) mass is 1040 g/mol. The van der Waals surface area contributed by atoms with Crippen molar-refractivity contribution in [1.82, 2.24) is 0 Å².